The molecule has 0 atom stereocenters. The van der Waals surface area contributed by atoms with Crippen LogP contribution in [0.25, 0.3) is 0 Å². The molecule has 0 aromatic heterocycles. The van der Waals surface area contributed by atoms with Gasteiger partial charge in [0, 0.05) is 13.1 Å². The third-order valence-corrected chi connectivity index (χ3v) is 6.31. The van der Waals surface area contributed by atoms with Crippen LogP contribution in [0.4, 0.5) is 0 Å². The number of nitrogens with zero attached hydrogens (tertiary/aromatic N) is 1. The van der Waals surface area contributed by atoms with Crippen molar-refractivity contribution >= 4 is 9.84 Å². The Bertz CT molecular complexity index is 893. The molecule has 0 fully saturated rings. The van der Waals surface area contributed by atoms with Crippen LogP contribution in [-0.4, -0.2) is 45.9 Å². The Kier molecular flexibility index (Phi) is 5.53. The highest BCUT2D eigenvalue weighted by molar-refractivity contribution is 7.91. The van der Waals surface area contributed by atoms with E-state index in [-0.39, 0.29) is 5.75 Å². The molecule has 0 radical (unpaired) electrons. The largest absolute Gasteiger partial charge is 0.486 e. The van der Waals surface area contributed by atoms with Gasteiger partial charge in [0.05, 0.1) is 10.6 Å². The minimum atomic E-state index is -3.30. The SMILES string of the molecule is Cc1ccc(C)c(S(=O)(=O)CCN(C)Cc2ccc3c(c2)OCCO3)c1. The standard InChI is InChI=1S/C20H25NO4S/c1-15-4-5-16(2)20(12-15)26(22,23)11-8-21(3)14-17-6-7-18-19(13-17)25-10-9-24-18/h4-7,12-13H,8-11,14H2,1-3H3. The third-order valence-electron chi connectivity index (χ3n) is 4.48. The Hall–Kier alpha value is -2.05. The van der Waals surface area contributed by atoms with Gasteiger partial charge in [0.25, 0.3) is 0 Å². The minimum absolute atomic E-state index is 0.0956. The second-order valence-electron chi connectivity index (χ2n) is 6.80. The maximum Gasteiger partial charge on any atom is 0.179 e. The number of hydrogen-bond acceptors (Lipinski definition) is 5. The molecule has 5 nitrogen and oxygen atoms in total. The van der Waals surface area contributed by atoms with Crippen LogP contribution < -0.4 is 9.47 Å². The summed E-state index contributed by atoms with van der Waals surface area (Å²) in [4.78, 5) is 2.44. The van der Waals surface area contributed by atoms with Crippen molar-refractivity contribution in [1.29, 1.82) is 0 Å². The van der Waals surface area contributed by atoms with Gasteiger partial charge in [-0.25, -0.2) is 8.42 Å². The molecule has 1 aliphatic heterocycles. The van der Waals surface area contributed by atoms with Gasteiger partial charge in [-0.2, -0.15) is 0 Å². The molecule has 6 heteroatoms. The van der Waals surface area contributed by atoms with Crippen molar-refractivity contribution in [3.63, 3.8) is 0 Å². The predicted molar refractivity (Wildman–Crippen MR) is 102 cm³/mol. The highest BCUT2D eigenvalue weighted by Gasteiger charge is 2.18. The number of ether oxygens (including phenoxy) is 2. The van der Waals surface area contributed by atoms with E-state index in [1.54, 1.807) is 6.07 Å². The zero-order chi connectivity index (χ0) is 18.7. The molecule has 0 N–H and O–H groups in total. The lowest BCUT2D eigenvalue weighted by Crippen LogP contribution is -2.26. The third kappa shape index (κ3) is 4.37. The molecular formula is C20H25NO4S. The molecule has 0 spiro atoms. The first-order chi connectivity index (χ1) is 12.3. The summed E-state index contributed by atoms with van der Waals surface area (Å²) in [5.41, 5.74) is 2.82. The average molecular weight is 375 g/mol. The molecule has 0 amide bonds. The Morgan fingerprint density at radius 2 is 1.73 bits per heavy atom. The van der Waals surface area contributed by atoms with Crippen LogP contribution in [0.1, 0.15) is 16.7 Å². The van der Waals surface area contributed by atoms with Gasteiger partial charge in [0.1, 0.15) is 13.2 Å². The highest BCUT2D eigenvalue weighted by Crippen LogP contribution is 2.31. The van der Waals surface area contributed by atoms with E-state index < -0.39 is 9.84 Å². The maximum atomic E-state index is 12.7. The van der Waals surface area contributed by atoms with E-state index >= 15 is 0 Å². The minimum Gasteiger partial charge on any atom is -0.486 e. The number of hydrogen-bond donors (Lipinski definition) is 0. The van der Waals surface area contributed by atoms with Crippen molar-refractivity contribution in [1.82, 2.24) is 4.90 Å². The van der Waals surface area contributed by atoms with Crippen LogP contribution in [-0.2, 0) is 16.4 Å². The van der Waals surface area contributed by atoms with Crippen molar-refractivity contribution in [3.8, 4) is 11.5 Å². The Balaban J connectivity index is 1.63. The first-order valence-electron chi connectivity index (χ1n) is 8.72. The molecule has 0 aliphatic carbocycles. The monoisotopic (exact) mass is 375 g/mol. The van der Waals surface area contributed by atoms with Gasteiger partial charge < -0.3 is 14.4 Å². The topological polar surface area (TPSA) is 55.8 Å². The first-order valence-corrected chi connectivity index (χ1v) is 10.4. The molecule has 0 saturated heterocycles. The Morgan fingerprint density at radius 1 is 1.00 bits per heavy atom. The van der Waals surface area contributed by atoms with E-state index in [1.807, 2.05) is 56.1 Å². The summed E-state index contributed by atoms with van der Waals surface area (Å²) < 4.78 is 36.5. The van der Waals surface area contributed by atoms with E-state index in [0.717, 1.165) is 28.2 Å². The molecule has 140 valence electrons. The molecular weight excluding hydrogens is 350 g/mol. The van der Waals surface area contributed by atoms with Crippen molar-refractivity contribution in [3.05, 3.63) is 53.1 Å². The fourth-order valence-corrected chi connectivity index (χ4v) is 4.70. The average Bonchev–Trinajstić information content (AvgIpc) is 2.62. The van der Waals surface area contributed by atoms with E-state index in [4.69, 9.17) is 9.47 Å². The molecule has 2 aromatic carbocycles. The molecule has 0 unspecified atom stereocenters. The number of rotatable bonds is 6. The number of fused-ring (bicyclic) bond motifs is 1. The summed E-state index contributed by atoms with van der Waals surface area (Å²) in [5.74, 6) is 1.61. The fourth-order valence-electron chi connectivity index (χ4n) is 3.01. The van der Waals surface area contributed by atoms with Crippen LogP contribution in [0.5, 0.6) is 11.5 Å². The van der Waals surface area contributed by atoms with E-state index in [2.05, 4.69) is 0 Å². The van der Waals surface area contributed by atoms with Crippen LogP contribution in [0.15, 0.2) is 41.3 Å². The molecule has 3 rings (SSSR count). The molecule has 0 bridgehead atoms. The molecule has 1 heterocycles. The van der Waals surface area contributed by atoms with Gasteiger partial charge >= 0.3 is 0 Å². The van der Waals surface area contributed by atoms with E-state index in [0.29, 0.717) is 31.2 Å². The lowest BCUT2D eigenvalue weighted by Gasteiger charge is -2.21. The Morgan fingerprint density at radius 3 is 2.50 bits per heavy atom. The summed E-state index contributed by atoms with van der Waals surface area (Å²) in [6.07, 6.45) is 0. The second-order valence-corrected chi connectivity index (χ2v) is 8.88. The Labute approximate surface area is 155 Å². The van der Waals surface area contributed by atoms with Crippen LogP contribution in [0, 0.1) is 13.8 Å². The summed E-state index contributed by atoms with van der Waals surface area (Å²) in [5, 5.41) is 0. The van der Waals surface area contributed by atoms with Crippen LogP contribution >= 0.6 is 0 Å². The quantitative estimate of drug-likeness (QED) is 0.777. The lowest BCUT2D eigenvalue weighted by molar-refractivity contribution is 0.171. The molecule has 2 aromatic rings. The molecule has 26 heavy (non-hydrogen) atoms. The summed E-state index contributed by atoms with van der Waals surface area (Å²) in [6, 6.07) is 11.4. The van der Waals surface area contributed by atoms with Crippen LogP contribution in [0.2, 0.25) is 0 Å². The predicted octanol–water partition coefficient (Wildman–Crippen LogP) is 2.98. The second kappa shape index (κ2) is 7.68. The zero-order valence-electron chi connectivity index (χ0n) is 15.5. The van der Waals surface area contributed by atoms with E-state index in [1.165, 1.54) is 0 Å². The molecule has 0 saturated carbocycles. The zero-order valence-corrected chi connectivity index (χ0v) is 16.3. The number of aryl methyl sites for hydroxylation is 2. The summed E-state index contributed by atoms with van der Waals surface area (Å²) in [7, 11) is -1.38. The first kappa shape index (κ1) is 18.7. The van der Waals surface area contributed by atoms with Crippen molar-refractivity contribution in [2.45, 2.75) is 25.3 Å². The van der Waals surface area contributed by atoms with Gasteiger partial charge in [0.15, 0.2) is 21.3 Å². The smallest absolute Gasteiger partial charge is 0.179 e. The van der Waals surface area contributed by atoms with Gasteiger partial charge in [0.2, 0.25) is 0 Å². The van der Waals surface area contributed by atoms with Crippen molar-refractivity contribution in [2.24, 2.45) is 0 Å². The summed E-state index contributed by atoms with van der Waals surface area (Å²) >= 11 is 0. The number of sulfone groups is 1. The van der Waals surface area contributed by atoms with Crippen LogP contribution in [0.3, 0.4) is 0 Å². The fraction of sp³-hybridized carbons (Fsp3) is 0.400. The lowest BCUT2D eigenvalue weighted by atomic mass is 10.2. The van der Waals surface area contributed by atoms with E-state index in [9.17, 15) is 8.42 Å². The highest BCUT2D eigenvalue weighted by atomic mass is 32.2. The van der Waals surface area contributed by atoms with Gasteiger partial charge in [-0.05, 0) is 55.8 Å². The van der Waals surface area contributed by atoms with Gasteiger partial charge in [-0.1, -0.05) is 18.2 Å². The van der Waals surface area contributed by atoms with Gasteiger partial charge in [-0.3, -0.25) is 0 Å². The maximum absolute atomic E-state index is 12.7. The number of benzene rings is 2. The van der Waals surface area contributed by atoms with Crippen molar-refractivity contribution in [2.75, 3.05) is 32.6 Å². The summed E-state index contributed by atoms with van der Waals surface area (Å²) in [6.45, 7) is 5.99. The normalized spacial score (nSPS) is 13.8. The van der Waals surface area contributed by atoms with Gasteiger partial charge in [-0.15, -0.1) is 0 Å². The molecule has 1 aliphatic rings. The van der Waals surface area contributed by atoms with Crippen molar-refractivity contribution < 1.29 is 17.9 Å².